The van der Waals surface area contributed by atoms with Crippen LogP contribution in [0.15, 0.2) is 97.1 Å². The van der Waals surface area contributed by atoms with Crippen LogP contribution in [0.4, 0.5) is 11.4 Å². The molecule has 0 atom stereocenters. The van der Waals surface area contributed by atoms with E-state index in [0.717, 1.165) is 9.13 Å². The van der Waals surface area contributed by atoms with E-state index in [0.29, 0.717) is 5.56 Å². The van der Waals surface area contributed by atoms with Crippen molar-refractivity contribution in [3.8, 4) is 11.1 Å². The summed E-state index contributed by atoms with van der Waals surface area (Å²) < 4.78 is 3.66. The molecule has 4 aromatic rings. The Morgan fingerprint density at radius 2 is 1.08 bits per heavy atom. The van der Waals surface area contributed by atoms with Crippen molar-refractivity contribution in [1.29, 1.82) is 0 Å². The summed E-state index contributed by atoms with van der Waals surface area (Å²) in [6.07, 6.45) is 0. The Kier molecular flexibility index (Phi) is 12.7. The number of nitrogens with zero attached hydrogens (tertiary/aromatic N) is 2. The monoisotopic (exact) mass is 822 g/mol. The van der Waals surface area contributed by atoms with E-state index in [9.17, 15) is 20.2 Å². The Labute approximate surface area is 248 Å². The summed E-state index contributed by atoms with van der Waals surface area (Å²) in [6.45, 7) is 0. The maximum absolute atomic E-state index is 10.9. The van der Waals surface area contributed by atoms with Crippen LogP contribution in [0.5, 0.6) is 0 Å². The minimum Gasteiger partial charge on any atom is -0.423 e. The molecule has 0 unspecified atom stereocenters. The van der Waals surface area contributed by atoms with E-state index in [4.69, 9.17) is 10.0 Å². The maximum atomic E-state index is 10.9. The first-order valence-corrected chi connectivity index (χ1v) is 13.3. The third-order valence-electron chi connectivity index (χ3n) is 4.43. The van der Waals surface area contributed by atoms with Crippen LogP contribution in [0, 0.1) is 30.9 Å². The first-order valence-electron chi connectivity index (χ1n) is 10.1. The van der Waals surface area contributed by atoms with Crippen LogP contribution in [-0.2, 0) is 0 Å². The molecule has 0 bridgehead atoms. The second kappa shape index (κ2) is 15.2. The fourth-order valence-corrected chi connectivity index (χ4v) is 5.09. The molecule has 2 N–H and O–H groups in total. The second-order valence-electron chi connectivity index (χ2n) is 6.91. The van der Waals surface area contributed by atoms with Gasteiger partial charge in [0.15, 0.2) is 0 Å². The van der Waals surface area contributed by atoms with Crippen LogP contribution in [0.2, 0.25) is 0 Å². The lowest BCUT2D eigenvalue weighted by atomic mass is 9.79. The van der Waals surface area contributed by atoms with Crippen LogP contribution in [0.3, 0.4) is 0 Å². The molecule has 184 valence electrons. The van der Waals surface area contributed by atoms with Gasteiger partial charge in [0.25, 0.3) is 11.4 Å². The van der Waals surface area contributed by atoms with Crippen molar-refractivity contribution < 1.29 is 19.9 Å². The van der Waals surface area contributed by atoms with E-state index in [1.807, 2.05) is 30.3 Å². The Balaban J connectivity index is 0.000000202. The summed E-state index contributed by atoms with van der Waals surface area (Å²) in [5.41, 5.74) is 1.30. The lowest BCUT2D eigenvalue weighted by Gasteiger charge is -2.03. The lowest BCUT2D eigenvalue weighted by Crippen LogP contribution is -2.31. The summed E-state index contributed by atoms with van der Waals surface area (Å²) in [5, 5.41) is 38.6. The highest BCUT2D eigenvalue weighted by Gasteiger charge is 2.22. The summed E-state index contributed by atoms with van der Waals surface area (Å²) in [4.78, 5) is 20.2. The van der Waals surface area contributed by atoms with Crippen LogP contribution in [0.25, 0.3) is 11.1 Å². The van der Waals surface area contributed by atoms with Gasteiger partial charge in [-0.2, -0.15) is 0 Å². The van der Waals surface area contributed by atoms with Gasteiger partial charge in [-0.3, -0.25) is 20.2 Å². The summed E-state index contributed by atoms with van der Waals surface area (Å²) in [7, 11) is -1.80. The smallest absolute Gasteiger partial charge is 0.423 e. The Morgan fingerprint density at radius 1 is 0.611 bits per heavy atom. The van der Waals surface area contributed by atoms with Gasteiger partial charge in [0.1, 0.15) is 0 Å². The molecule has 4 rings (SSSR count). The van der Waals surface area contributed by atoms with Gasteiger partial charge in [0.05, 0.1) is 20.9 Å². The number of nitro benzene ring substituents is 2. The SMILES string of the molecule is Ic1cccc(I)c1.O=[N+]([O-])c1ccccc1-c1cccc(I)c1.O=[N+]([O-])c1ccccc1B(O)O. The quantitative estimate of drug-likeness (QED) is 0.112. The fourth-order valence-electron chi connectivity index (χ4n) is 2.87. The molecular formula is C24H18BI3N2O6. The van der Waals surface area contributed by atoms with Gasteiger partial charge in [0, 0.05) is 22.8 Å². The Bertz CT molecular complexity index is 1320. The maximum Gasteiger partial charge on any atom is 0.495 e. The summed E-state index contributed by atoms with van der Waals surface area (Å²) in [6, 6.07) is 28.3. The number of hydrogen-bond donors (Lipinski definition) is 2. The molecule has 0 aliphatic carbocycles. The van der Waals surface area contributed by atoms with E-state index in [1.165, 1.54) is 37.5 Å². The lowest BCUT2D eigenvalue weighted by molar-refractivity contribution is -0.384. The molecule has 0 aliphatic rings. The van der Waals surface area contributed by atoms with Gasteiger partial charge in [-0.25, -0.2) is 0 Å². The number of benzene rings is 4. The normalized spacial score (nSPS) is 9.69. The van der Waals surface area contributed by atoms with Crippen molar-refractivity contribution in [3.63, 3.8) is 0 Å². The zero-order valence-electron chi connectivity index (χ0n) is 18.4. The topological polar surface area (TPSA) is 127 Å². The molecule has 0 saturated carbocycles. The molecule has 0 saturated heterocycles. The first-order chi connectivity index (χ1) is 17.1. The minimum atomic E-state index is -1.80. The molecule has 0 aliphatic heterocycles. The predicted molar refractivity (Wildman–Crippen MR) is 166 cm³/mol. The van der Waals surface area contributed by atoms with Gasteiger partial charge in [-0.15, -0.1) is 0 Å². The van der Waals surface area contributed by atoms with Gasteiger partial charge in [-0.05, 0) is 110 Å². The number of rotatable bonds is 4. The van der Waals surface area contributed by atoms with Crippen molar-refractivity contribution in [3.05, 3.63) is 128 Å². The van der Waals surface area contributed by atoms with Gasteiger partial charge < -0.3 is 10.0 Å². The van der Waals surface area contributed by atoms with E-state index in [-0.39, 0.29) is 21.8 Å². The summed E-state index contributed by atoms with van der Waals surface area (Å²) >= 11 is 6.79. The van der Waals surface area contributed by atoms with Gasteiger partial charge in [0.2, 0.25) is 0 Å². The average Bonchev–Trinajstić information content (AvgIpc) is 2.84. The molecule has 0 fully saturated rings. The first kappa shape index (κ1) is 30.1. The molecular weight excluding hydrogens is 804 g/mol. The van der Waals surface area contributed by atoms with E-state index < -0.39 is 12.0 Å². The predicted octanol–water partition coefficient (Wildman–Crippen LogP) is 6.04. The highest BCUT2D eigenvalue weighted by Crippen LogP contribution is 2.30. The van der Waals surface area contributed by atoms with Gasteiger partial charge >= 0.3 is 7.12 Å². The molecule has 0 heterocycles. The molecule has 36 heavy (non-hydrogen) atoms. The van der Waals surface area contributed by atoms with E-state index >= 15 is 0 Å². The van der Waals surface area contributed by atoms with Gasteiger partial charge in [-0.1, -0.05) is 48.5 Å². The third kappa shape index (κ3) is 9.72. The van der Waals surface area contributed by atoms with E-state index in [1.54, 1.807) is 12.1 Å². The van der Waals surface area contributed by atoms with E-state index in [2.05, 4.69) is 92.0 Å². The molecule has 0 spiro atoms. The Morgan fingerprint density at radius 3 is 1.53 bits per heavy atom. The van der Waals surface area contributed by atoms with Crippen LogP contribution >= 0.6 is 67.8 Å². The highest BCUT2D eigenvalue weighted by molar-refractivity contribution is 14.1. The molecule has 12 heteroatoms. The number of nitro groups is 2. The zero-order valence-corrected chi connectivity index (χ0v) is 24.8. The summed E-state index contributed by atoms with van der Waals surface area (Å²) in [5.74, 6) is 0. The zero-order chi connectivity index (χ0) is 26.7. The van der Waals surface area contributed by atoms with Crippen molar-refractivity contribution in [1.82, 2.24) is 0 Å². The average molecular weight is 822 g/mol. The second-order valence-corrected chi connectivity index (χ2v) is 10.7. The fraction of sp³-hybridized carbons (Fsp3) is 0. The standard InChI is InChI=1S/C12H8INO2.C6H6BNO4.C6H4I2/c13-10-5-3-4-9(8-10)11-6-1-2-7-12(11)14(15)16;9-7(10)5-3-1-2-4-6(5)8(11)12;7-5-2-1-3-6(8)4-5/h1-8H;1-4,9-10H;1-4H. The van der Waals surface area contributed by atoms with Crippen molar-refractivity contribution >= 4 is 91.7 Å². The van der Waals surface area contributed by atoms with Crippen molar-refractivity contribution in [2.45, 2.75) is 0 Å². The number of para-hydroxylation sites is 2. The molecule has 0 amide bonds. The van der Waals surface area contributed by atoms with Crippen LogP contribution < -0.4 is 5.46 Å². The minimum absolute atomic E-state index is 0.0949. The largest absolute Gasteiger partial charge is 0.495 e. The van der Waals surface area contributed by atoms with Crippen LogP contribution in [0.1, 0.15) is 0 Å². The van der Waals surface area contributed by atoms with Crippen molar-refractivity contribution in [2.75, 3.05) is 0 Å². The molecule has 8 nitrogen and oxygen atoms in total. The molecule has 4 aromatic carbocycles. The number of hydrogen-bond acceptors (Lipinski definition) is 6. The third-order valence-corrected chi connectivity index (χ3v) is 6.45. The van der Waals surface area contributed by atoms with Crippen molar-refractivity contribution in [2.24, 2.45) is 0 Å². The number of halogens is 3. The Hall–Kier alpha value is -2.15. The molecule has 0 radical (unpaired) electrons. The highest BCUT2D eigenvalue weighted by atomic mass is 127. The van der Waals surface area contributed by atoms with Crippen LogP contribution in [-0.4, -0.2) is 27.0 Å². The molecule has 0 aromatic heterocycles.